The Hall–Kier alpha value is -0.200. The standard InChI is InChI=1S/C5H7ClN2O2S2/c1-2-4-5(11-8-7-4)3-12(6,9)10/h2-3H2,1H3. The van der Waals surface area contributed by atoms with Gasteiger partial charge in [0.1, 0.15) is 5.75 Å². The van der Waals surface area contributed by atoms with Gasteiger partial charge in [0.15, 0.2) is 0 Å². The van der Waals surface area contributed by atoms with Crippen LogP contribution < -0.4 is 0 Å². The fraction of sp³-hybridized carbons (Fsp3) is 0.600. The molecule has 0 aliphatic rings. The zero-order valence-electron chi connectivity index (χ0n) is 6.32. The normalized spacial score (nSPS) is 11.8. The maximum absolute atomic E-state index is 10.7. The van der Waals surface area contributed by atoms with Gasteiger partial charge in [-0.2, -0.15) is 0 Å². The lowest BCUT2D eigenvalue weighted by Crippen LogP contribution is -1.96. The minimum absolute atomic E-state index is 0.171. The number of halogens is 1. The molecule has 12 heavy (non-hydrogen) atoms. The first-order chi connectivity index (χ1) is 5.53. The van der Waals surface area contributed by atoms with Crippen molar-refractivity contribution in [3.63, 3.8) is 0 Å². The maximum Gasteiger partial charge on any atom is 0.237 e. The molecule has 0 bridgehead atoms. The highest BCUT2D eigenvalue weighted by molar-refractivity contribution is 8.13. The monoisotopic (exact) mass is 226 g/mol. The second-order valence-corrected chi connectivity index (χ2v) is 5.80. The van der Waals surface area contributed by atoms with Crippen molar-refractivity contribution < 1.29 is 8.42 Å². The van der Waals surface area contributed by atoms with Crippen molar-refractivity contribution in [2.45, 2.75) is 19.1 Å². The fourth-order valence-corrected chi connectivity index (χ4v) is 2.97. The largest absolute Gasteiger partial charge is 0.237 e. The second kappa shape index (κ2) is 3.68. The molecule has 4 nitrogen and oxygen atoms in total. The first-order valence-corrected chi connectivity index (χ1v) is 6.50. The van der Waals surface area contributed by atoms with Crippen molar-refractivity contribution in [2.24, 2.45) is 0 Å². The van der Waals surface area contributed by atoms with E-state index in [1.165, 1.54) is 0 Å². The van der Waals surface area contributed by atoms with Crippen LogP contribution in [0.3, 0.4) is 0 Å². The van der Waals surface area contributed by atoms with Crippen LogP contribution in [0.4, 0.5) is 0 Å². The summed E-state index contributed by atoms with van der Waals surface area (Å²) in [6.07, 6.45) is 0.679. The highest BCUT2D eigenvalue weighted by Gasteiger charge is 2.13. The van der Waals surface area contributed by atoms with E-state index >= 15 is 0 Å². The molecule has 0 saturated carbocycles. The Labute approximate surface area is 79.1 Å². The Bertz CT molecular complexity index is 359. The molecule has 0 fully saturated rings. The minimum atomic E-state index is -3.48. The van der Waals surface area contributed by atoms with Crippen LogP contribution in [-0.2, 0) is 21.2 Å². The Kier molecular flexibility index (Phi) is 3.03. The summed E-state index contributed by atoms with van der Waals surface area (Å²) >= 11 is 1.08. The van der Waals surface area contributed by atoms with Crippen molar-refractivity contribution in [3.8, 4) is 0 Å². The summed E-state index contributed by atoms with van der Waals surface area (Å²) < 4.78 is 25.0. The lowest BCUT2D eigenvalue weighted by Gasteiger charge is -1.93. The molecule has 0 aliphatic heterocycles. The van der Waals surface area contributed by atoms with Crippen molar-refractivity contribution in [1.29, 1.82) is 0 Å². The molecule has 0 amide bonds. The molecule has 0 N–H and O–H groups in total. The Morgan fingerprint density at radius 2 is 2.25 bits per heavy atom. The van der Waals surface area contributed by atoms with Gasteiger partial charge in [-0.15, -0.1) is 5.10 Å². The van der Waals surface area contributed by atoms with Crippen molar-refractivity contribution in [2.75, 3.05) is 0 Å². The van der Waals surface area contributed by atoms with Gasteiger partial charge in [0.25, 0.3) is 0 Å². The van der Waals surface area contributed by atoms with Gasteiger partial charge in [-0.1, -0.05) is 11.4 Å². The predicted molar refractivity (Wildman–Crippen MR) is 47.8 cm³/mol. The van der Waals surface area contributed by atoms with E-state index in [4.69, 9.17) is 10.7 Å². The maximum atomic E-state index is 10.7. The first-order valence-electron chi connectivity index (χ1n) is 3.25. The van der Waals surface area contributed by atoms with Gasteiger partial charge in [0, 0.05) is 10.7 Å². The van der Waals surface area contributed by atoms with Crippen LogP contribution in [0.5, 0.6) is 0 Å². The van der Waals surface area contributed by atoms with Crippen molar-refractivity contribution in [3.05, 3.63) is 10.6 Å². The molecule has 68 valence electrons. The van der Waals surface area contributed by atoms with E-state index in [2.05, 4.69) is 9.59 Å². The molecular formula is C5H7ClN2O2S2. The van der Waals surface area contributed by atoms with Crippen LogP contribution in [0.25, 0.3) is 0 Å². The van der Waals surface area contributed by atoms with E-state index in [9.17, 15) is 8.42 Å². The van der Waals surface area contributed by atoms with E-state index in [0.717, 1.165) is 11.5 Å². The zero-order chi connectivity index (χ0) is 9.19. The van der Waals surface area contributed by atoms with Gasteiger partial charge in [-0.25, -0.2) is 8.42 Å². The molecule has 7 heteroatoms. The number of nitrogens with zero attached hydrogens (tertiary/aromatic N) is 2. The molecule has 0 radical (unpaired) electrons. The molecule has 1 aromatic rings. The summed E-state index contributed by atoms with van der Waals surface area (Å²) in [5.41, 5.74) is 0.712. The number of hydrogen-bond donors (Lipinski definition) is 0. The second-order valence-electron chi connectivity index (χ2n) is 2.18. The molecule has 0 unspecified atom stereocenters. The molecule has 0 aliphatic carbocycles. The van der Waals surface area contributed by atoms with Gasteiger partial charge in [0.2, 0.25) is 9.05 Å². The molecule has 1 rings (SSSR count). The fourth-order valence-electron chi connectivity index (χ4n) is 0.762. The third kappa shape index (κ3) is 2.69. The van der Waals surface area contributed by atoms with Crippen LogP contribution in [0.2, 0.25) is 0 Å². The Morgan fingerprint density at radius 3 is 2.75 bits per heavy atom. The van der Waals surface area contributed by atoms with E-state index in [1.54, 1.807) is 0 Å². The number of hydrogen-bond acceptors (Lipinski definition) is 5. The molecule has 1 heterocycles. The highest BCUT2D eigenvalue weighted by Crippen LogP contribution is 2.16. The van der Waals surface area contributed by atoms with Gasteiger partial charge in [0.05, 0.1) is 10.6 Å². The highest BCUT2D eigenvalue weighted by atomic mass is 35.7. The zero-order valence-corrected chi connectivity index (χ0v) is 8.71. The summed E-state index contributed by atoms with van der Waals surface area (Å²) in [7, 11) is 1.60. The summed E-state index contributed by atoms with van der Waals surface area (Å²) in [6, 6.07) is 0. The molecule has 0 atom stereocenters. The van der Waals surface area contributed by atoms with Crippen LogP contribution in [0.1, 0.15) is 17.5 Å². The lowest BCUT2D eigenvalue weighted by atomic mass is 10.3. The van der Waals surface area contributed by atoms with E-state index in [0.29, 0.717) is 17.0 Å². The molecule has 0 spiro atoms. The van der Waals surface area contributed by atoms with Crippen molar-refractivity contribution in [1.82, 2.24) is 9.59 Å². The smallest absolute Gasteiger partial charge is 0.212 e. The SMILES string of the molecule is CCc1nnsc1CS(=O)(=O)Cl. The lowest BCUT2D eigenvalue weighted by molar-refractivity contribution is 0.609. The number of aryl methyl sites for hydroxylation is 1. The number of rotatable bonds is 3. The third-order valence-electron chi connectivity index (χ3n) is 1.27. The summed E-state index contributed by atoms with van der Waals surface area (Å²) in [6.45, 7) is 1.89. The molecular weight excluding hydrogens is 220 g/mol. The average molecular weight is 227 g/mol. The minimum Gasteiger partial charge on any atom is -0.212 e. The summed E-state index contributed by atoms with van der Waals surface area (Å²) in [5.74, 6) is -0.171. The van der Waals surface area contributed by atoms with Gasteiger partial charge < -0.3 is 0 Å². The van der Waals surface area contributed by atoms with Crippen molar-refractivity contribution >= 4 is 31.3 Å². The quantitative estimate of drug-likeness (QED) is 0.726. The van der Waals surface area contributed by atoms with Gasteiger partial charge in [-0.05, 0) is 18.0 Å². The molecule has 0 saturated heterocycles. The summed E-state index contributed by atoms with van der Waals surface area (Å²) in [5, 5.41) is 3.76. The van der Waals surface area contributed by atoms with E-state index in [-0.39, 0.29) is 5.75 Å². The van der Waals surface area contributed by atoms with E-state index in [1.807, 2.05) is 6.92 Å². The topological polar surface area (TPSA) is 59.9 Å². The van der Waals surface area contributed by atoms with E-state index < -0.39 is 9.05 Å². The van der Waals surface area contributed by atoms with Crippen LogP contribution in [0.15, 0.2) is 0 Å². The third-order valence-corrected chi connectivity index (χ3v) is 3.18. The molecule has 1 aromatic heterocycles. The Morgan fingerprint density at radius 1 is 1.58 bits per heavy atom. The van der Waals surface area contributed by atoms with Crippen LogP contribution in [-0.4, -0.2) is 18.0 Å². The first kappa shape index (κ1) is 9.88. The summed E-state index contributed by atoms with van der Waals surface area (Å²) in [4.78, 5) is 0.632. The van der Waals surface area contributed by atoms with Crippen LogP contribution >= 0.6 is 22.2 Å². The number of aromatic nitrogens is 2. The Balaban J connectivity index is 2.89. The average Bonchev–Trinajstić information content (AvgIpc) is 2.31. The van der Waals surface area contributed by atoms with Crippen LogP contribution in [0, 0.1) is 0 Å². The molecule has 0 aromatic carbocycles. The predicted octanol–water partition coefficient (Wildman–Crippen LogP) is 1.17. The van der Waals surface area contributed by atoms with Gasteiger partial charge in [-0.3, -0.25) is 0 Å². The van der Waals surface area contributed by atoms with Gasteiger partial charge >= 0.3 is 0 Å².